The molecule has 0 unspecified atom stereocenters. The van der Waals surface area contributed by atoms with Crippen LogP contribution in [-0.4, -0.2) is 28.5 Å². The highest BCUT2D eigenvalue weighted by Gasteiger charge is 2.18. The minimum atomic E-state index is -0.101. The summed E-state index contributed by atoms with van der Waals surface area (Å²) in [5.74, 6) is 0.445. The number of piperidine rings is 1. The van der Waals surface area contributed by atoms with Gasteiger partial charge in [0, 0.05) is 34.6 Å². The van der Waals surface area contributed by atoms with E-state index in [1.165, 1.54) is 16.2 Å². The molecule has 0 spiro atoms. The molecule has 24 heavy (non-hydrogen) atoms. The van der Waals surface area contributed by atoms with Crippen molar-refractivity contribution in [3.8, 4) is 0 Å². The van der Waals surface area contributed by atoms with Gasteiger partial charge in [-0.1, -0.05) is 11.3 Å². The zero-order valence-corrected chi connectivity index (χ0v) is 15.6. The van der Waals surface area contributed by atoms with E-state index in [0.717, 1.165) is 36.5 Å². The van der Waals surface area contributed by atoms with E-state index in [-0.39, 0.29) is 17.2 Å². The van der Waals surface area contributed by atoms with Crippen LogP contribution in [0.4, 0.5) is 5.13 Å². The first-order chi connectivity index (χ1) is 11.5. The molecule has 0 aromatic carbocycles. The van der Waals surface area contributed by atoms with E-state index in [2.05, 4.69) is 15.6 Å². The largest absolute Gasteiger partial charge is 0.317 e. The Morgan fingerprint density at radius 2 is 2.12 bits per heavy atom. The summed E-state index contributed by atoms with van der Waals surface area (Å²) in [4.78, 5) is 30.6. The maximum absolute atomic E-state index is 12.1. The number of nitrogens with zero attached hydrogens (tertiary/aromatic N) is 2. The molecule has 1 aliphatic rings. The van der Waals surface area contributed by atoms with Crippen LogP contribution < -0.4 is 15.5 Å². The zero-order valence-electron chi connectivity index (χ0n) is 13.9. The summed E-state index contributed by atoms with van der Waals surface area (Å²) in [5.41, 5.74) is 0.945. The third-order valence-electron chi connectivity index (χ3n) is 4.45. The van der Waals surface area contributed by atoms with E-state index < -0.39 is 0 Å². The van der Waals surface area contributed by atoms with Gasteiger partial charge in [0.25, 0.3) is 0 Å². The molecule has 2 N–H and O–H groups in total. The van der Waals surface area contributed by atoms with Crippen molar-refractivity contribution in [2.75, 3.05) is 18.4 Å². The van der Waals surface area contributed by atoms with Crippen LogP contribution in [0.25, 0.3) is 0 Å². The topological polar surface area (TPSA) is 76.0 Å². The van der Waals surface area contributed by atoms with Gasteiger partial charge in [-0.15, -0.1) is 11.3 Å². The standard InChI is InChI=1S/C16H22N4O2S2/c1-10-11(2)23-16(22)20(10)8-5-14(21)19-15-18-9-13(24-15)12-3-6-17-7-4-12/h9,12,17H,3-8H2,1-2H3,(H,18,19,21). The maximum atomic E-state index is 12.1. The summed E-state index contributed by atoms with van der Waals surface area (Å²) in [5, 5.41) is 6.86. The third kappa shape index (κ3) is 3.93. The Kier molecular flexibility index (Phi) is 5.47. The fourth-order valence-corrected chi connectivity index (χ4v) is 4.74. The molecule has 1 amide bonds. The van der Waals surface area contributed by atoms with Gasteiger partial charge in [0.05, 0.1) is 0 Å². The van der Waals surface area contributed by atoms with Crippen LogP contribution in [0.15, 0.2) is 11.0 Å². The number of anilines is 1. The molecule has 2 aromatic heterocycles. The Labute approximate surface area is 148 Å². The third-order valence-corrected chi connectivity index (χ3v) is 6.52. The Bertz CT molecular complexity index is 771. The fraction of sp³-hybridized carbons (Fsp3) is 0.562. The van der Waals surface area contributed by atoms with Crippen LogP contribution in [0.1, 0.15) is 40.6 Å². The number of thiazole rings is 2. The molecular weight excluding hydrogens is 344 g/mol. The van der Waals surface area contributed by atoms with Crippen LogP contribution in [0.2, 0.25) is 0 Å². The van der Waals surface area contributed by atoms with Crippen molar-refractivity contribution in [1.29, 1.82) is 0 Å². The van der Waals surface area contributed by atoms with Gasteiger partial charge in [-0.25, -0.2) is 4.98 Å². The lowest BCUT2D eigenvalue weighted by molar-refractivity contribution is -0.116. The van der Waals surface area contributed by atoms with Gasteiger partial charge in [0.1, 0.15) is 0 Å². The Morgan fingerprint density at radius 3 is 2.79 bits per heavy atom. The number of aryl methyl sites for hydroxylation is 1. The SMILES string of the molecule is Cc1sc(=O)n(CCC(=O)Nc2ncc(C3CCNCC3)s2)c1C. The first kappa shape index (κ1) is 17.3. The number of hydrogen-bond donors (Lipinski definition) is 2. The highest BCUT2D eigenvalue weighted by atomic mass is 32.1. The molecule has 0 bridgehead atoms. The summed E-state index contributed by atoms with van der Waals surface area (Å²) in [6, 6.07) is 0. The van der Waals surface area contributed by atoms with E-state index >= 15 is 0 Å². The molecule has 1 aliphatic heterocycles. The van der Waals surface area contributed by atoms with Crippen LogP contribution in [0, 0.1) is 13.8 Å². The van der Waals surface area contributed by atoms with Gasteiger partial charge >= 0.3 is 4.87 Å². The first-order valence-corrected chi connectivity index (χ1v) is 9.81. The van der Waals surface area contributed by atoms with Crippen molar-refractivity contribution >= 4 is 33.7 Å². The Morgan fingerprint density at radius 1 is 1.38 bits per heavy atom. The van der Waals surface area contributed by atoms with Gasteiger partial charge in [-0.05, 0) is 45.7 Å². The molecule has 1 saturated heterocycles. The van der Waals surface area contributed by atoms with Crippen molar-refractivity contribution in [3.05, 3.63) is 31.3 Å². The second kappa shape index (κ2) is 7.58. The van der Waals surface area contributed by atoms with Gasteiger partial charge < -0.3 is 15.2 Å². The number of hydrogen-bond acceptors (Lipinski definition) is 6. The van der Waals surface area contributed by atoms with E-state index in [9.17, 15) is 9.59 Å². The molecule has 6 nitrogen and oxygen atoms in total. The smallest absolute Gasteiger partial charge is 0.307 e. The molecule has 0 atom stereocenters. The molecule has 0 radical (unpaired) electrons. The average Bonchev–Trinajstić information content (AvgIpc) is 3.12. The number of aromatic nitrogens is 2. The monoisotopic (exact) mass is 366 g/mol. The normalized spacial score (nSPS) is 15.6. The number of carbonyl (C=O) groups is 1. The molecule has 0 saturated carbocycles. The van der Waals surface area contributed by atoms with Crippen molar-refractivity contribution in [3.63, 3.8) is 0 Å². The highest BCUT2D eigenvalue weighted by molar-refractivity contribution is 7.15. The van der Waals surface area contributed by atoms with E-state index in [1.807, 2.05) is 20.0 Å². The lowest BCUT2D eigenvalue weighted by Gasteiger charge is -2.20. The molecule has 2 aromatic rings. The van der Waals surface area contributed by atoms with Crippen molar-refractivity contribution in [1.82, 2.24) is 14.9 Å². The highest BCUT2D eigenvalue weighted by Crippen LogP contribution is 2.31. The van der Waals surface area contributed by atoms with Crippen LogP contribution >= 0.6 is 22.7 Å². The first-order valence-electron chi connectivity index (χ1n) is 8.17. The second-order valence-corrected chi connectivity index (χ2v) is 8.28. The summed E-state index contributed by atoms with van der Waals surface area (Å²) in [6.45, 7) is 6.33. The molecule has 3 rings (SSSR count). The minimum absolute atomic E-state index is 0.000225. The number of nitrogens with one attached hydrogen (secondary N) is 2. The van der Waals surface area contributed by atoms with Crippen LogP contribution in [0.3, 0.4) is 0 Å². The van der Waals surface area contributed by atoms with Crippen molar-refractivity contribution in [2.24, 2.45) is 0 Å². The minimum Gasteiger partial charge on any atom is -0.317 e. The van der Waals surface area contributed by atoms with Gasteiger partial charge in [-0.3, -0.25) is 9.59 Å². The predicted octanol–water partition coefficient (Wildman–Crippen LogP) is 2.48. The van der Waals surface area contributed by atoms with Crippen molar-refractivity contribution < 1.29 is 4.79 Å². The number of rotatable bonds is 5. The fourth-order valence-electron chi connectivity index (χ4n) is 2.88. The summed E-state index contributed by atoms with van der Waals surface area (Å²) >= 11 is 2.79. The molecule has 130 valence electrons. The zero-order chi connectivity index (χ0) is 17.1. The number of carbonyl (C=O) groups excluding carboxylic acids is 1. The Hall–Kier alpha value is -1.51. The van der Waals surface area contributed by atoms with Crippen LogP contribution in [-0.2, 0) is 11.3 Å². The molecule has 0 aliphatic carbocycles. The van der Waals surface area contributed by atoms with E-state index in [1.54, 1.807) is 15.9 Å². The van der Waals surface area contributed by atoms with Gasteiger partial charge in [-0.2, -0.15) is 0 Å². The van der Waals surface area contributed by atoms with Gasteiger partial charge in [0.2, 0.25) is 5.91 Å². The lowest BCUT2D eigenvalue weighted by atomic mass is 9.97. The predicted molar refractivity (Wildman–Crippen MR) is 98.3 cm³/mol. The average molecular weight is 367 g/mol. The van der Waals surface area contributed by atoms with E-state index in [4.69, 9.17) is 0 Å². The van der Waals surface area contributed by atoms with Crippen LogP contribution in [0.5, 0.6) is 0 Å². The molecule has 1 fully saturated rings. The quantitative estimate of drug-likeness (QED) is 0.852. The molecule has 3 heterocycles. The summed E-state index contributed by atoms with van der Waals surface area (Å²) in [6.07, 6.45) is 4.40. The summed E-state index contributed by atoms with van der Waals surface area (Å²) < 4.78 is 1.67. The molecular formula is C16H22N4O2S2. The molecule has 8 heteroatoms. The number of amides is 1. The van der Waals surface area contributed by atoms with Crippen molar-refractivity contribution in [2.45, 2.75) is 45.6 Å². The Balaban J connectivity index is 1.55. The second-order valence-electron chi connectivity index (χ2n) is 6.05. The summed E-state index contributed by atoms with van der Waals surface area (Å²) in [7, 11) is 0. The van der Waals surface area contributed by atoms with Gasteiger partial charge in [0.15, 0.2) is 5.13 Å². The maximum Gasteiger partial charge on any atom is 0.307 e. The lowest BCUT2D eigenvalue weighted by Crippen LogP contribution is -2.26. The van der Waals surface area contributed by atoms with E-state index in [0.29, 0.717) is 17.6 Å².